The van der Waals surface area contributed by atoms with Crippen LogP contribution in [0.25, 0.3) is 0 Å². The van der Waals surface area contributed by atoms with Crippen molar-refractivity contribution in [3.8, 4) is 11.5 Å². The fourth-order valence-electron chi connectivity index (χ4n) is 1.78. The Balaban J connectivity index is 2.15. The Morgan fingerprint density at radius 3 is 2.83 bits per heavy atom. The molecule has 0 amide bonds. The van der Waals surface area contributed by atoms with Crippen LogP contribution in [-0.2, 0) is 0 Å². The van der Waals surface area contributed by atoms with Crippen LogP contribution in [-0.4, -0.2) is 34.5 Å². The minimum atomic E-state index is -1.02. The van der Waals surface area contributed by atoms with E-state index >= 15 is 0 Å². The molecule has 0 aromatic heterocycles. The number of aliphatic hydroxyl groups excluding tert-OH is 2. The van der Waals surface area contributed by atoms with Crippen LogP contribution >= 0.6 is 0 Å². The number of oxime groups is 1. The predicted molar refractivity (Wildman–Crippen MR) is 63.1 cm³/mol. The molecule has 1 heterocycles. The van der Waals surface area contributed by atoms with Gasteiger partial charge in [0.05, 0.1) is 5.71 Å². The molecule has 1 aliphatic rings. The molecule has 0 bridgehead atoms. The van der Waals surface area contributed by atoms with E-state index in [1.54, 1.807) is 18.2 Å². The summed E-state index contributed by atoms with van der Waals surface area (Å²) in [5, 5.41) is 30.8. The Morgan fingerprint density at radius 2 is 2.11 bits per heavy atom. The first kappa shape index (κ1) is 12.7. The molecule has 0 radical (unpaired) electrons. The van der Waals surface area contributed by atoms with Gasteiger partial charge in [-0.3, -0.25) is 0 Å². The fraction of sp³-hybridized carbons (Fsp3) is 0.417. The molecule has 0 spiro atoms. The number of benzene rings is 1. The number of fused-ring (bicyclic) bond motifs is 1. The first-order valence-corrected chi connectivity index (χ1v) is 5.65. The van der Waals surface area contributed by atoms with Crippen molar-refractivity contribution in [1.29, 1.82) is 0 Å². The van der Waals surface area contributed by atoms with Crippen LogP contribution in [0.5, 0.6) is 11.5 Å². The highest BCUT2D eigenvalue weighted by molar-refractivity contribution is 5.89. The summed E-state index contributed by atoms with van der Waals surface area (Å²) in [6, 6.07) is 5.03. The van der Waals surface area contributed by atoms with Crippen LogP contribution in [0.2, 0.25) is 0 Å². The van der Waals surface area contributed by atoms with Gasteiger partial charge in [0.15, 0.2) is 11.5 Å². The van der Waals surface area contributed by atoms with Crippen molar-refractivity contribution < 1.29 is 24.9 Å². The maximum Gasteiger partial charge on any atom is 0.231 e. The van der Waals surface area contributed by atoms with Gasteiger partial charge in [-0.15, -0.1) is 0 Å². The average Bonchev–Trinajstić information content (AvgIpc) is 2.86. The highest BCUT2D eigenvalue weighted by Gasteiger charge is 2.20. The molecule has 0 saturated heterocycles. The molecule has 98 valence electrons. The lowest BCUT2D eigenvalue weighted by molar-refractivity contribution is 0.173. The minimum Gasteiger partial charge on any atom is -0.454 e. The Hall–Kier alpha value is -1.79. The SMILES string of the molecule is OCCCC(=NO)C(O)c1ccc2c(c1)OCO2. The van der Waals surface area contributed by atoms with Crippen molar-refractivity contribution in [3.63, 3.8) is 0 Å². The second kappa shape index (κ2) is 5.70. The molecule has 0 saturated carbocycles. The Labute approximate surface area is 104 Å². The van der Waals surface area contributed by atoms with E-state index in [1.165, 1.54) is 0 Å². The van der Waals surface area contributed by atoms with Gasteiger partial charge in [0.25, 0.3) is 0 Å². The average molecular weight is 253 g/mol. The molecule has 1 atom stereocenters. The number of aliphatic hydroxyl groups is 2. The third-order valence-corrected chi connectivity index (χ3v) is 2.75. The highest BCUT2D eigenvalue weighted by Crippen LogP contribution is 2.34. The number of rotatable bonds is 5. The molecule has 1 aliphatic heterocycles. The molecular formula is C12H15NO5. The third kappa shape index (κ3) is 2.55. The van der Waals surface area contributed by atoms with E-state index in [-0.39, 0.29) is 19.1 Å². The van der Waals surface area contributed by atoms with Crippen LogP contribution in [0.15, 0.2) is 23.4 Å². The zero-order valence-electron chi connectivity index (χ0n) is 9.74. The predicted octanol–water partition coefficient (Wildman–Crippen LogP) is 1.05. The molecule has 1 aromatic rings. The van der Waals surface area contributed by atoms with Crippen molar-refractivity contribution in [2.75, 3.05) is 13.4 Å². The molecule has 18 heavy (non-hydrogen) atoms. The summed E-state index contributed by atoms with van der Waals surface area (Å²) in [4.78, 5) is 0. The molecule has 1 aromatic carbocycles. The molecule has 0 aliphatic carbocycles. The topological polar surface area (TPSA) is 91.5 Å². The van der Waals surface area contributed by atoms with Gasteiger partial charge < -0.3 is 24.9 Å². The van der Waals surface area contributed by atoms with E-state index in [2.05, 4.69) is 5.16 Å². The first-order valence-electron chi connectivity index (χ1n) is 5.65. The molecule has 6 nitrogen and oxygen atoms in total. The standard InChI is InChI=1S/C12H15NO5/c14-5-1-2-9(13-16)12(15)8-3-4-10-11(6-8)18-7-17-10/h3-4,6,12,14-16H,1-2,5,7H2. The largest absolute Gasteiger partial charge is 0.454 e. The van der Waals surface area contributed by atoms with Gasteiger partial charge in [-0.1, -0.05) is 11.2 Å². The second-order valence-electron chi connectivity index (χ2n) is 3.93. The zero-order valence-corrected chi connectivity index (χ0v) is 9.74. The van der Waals surface area contributed by atoms with Gasteiger partial charge in [-0.25, -0.2) is 0 Å². The summed E-state index contributed by atoms with van der Waals surface area (Å²) in [5.41, 5.74) is 0.771. The molecule has 0 fully saturated rings. The van der Waals surface area contributed by atoms with Gasteiger partial charge in [0.1, 0.15) is 6.10 Å². The molecule has 1 unspecified atom stereocenters. The Morgan fingerprint density at radius 1 is 1.33 bits per heavy atom. The zero-order chi connectivity index (χ0) is 13.0. The summed E-state index contributed by atoms with van der Waals surface area (Å²) in [7, 11) is 0. The normalized spacial score (nSPS) is 15.8. The summed E-state index contributed by atoms with van der Waals surface area (Å²) in [6.07, 6.45) is -0.264. The lowest BCUT2D eigenvalue weighted by Crippen LogP contribution is -2.13. The van der Waals surface area contributed by atoms with Gasteiger partial charge in [-0.05, 0) is 30.5 Å². The van der Waals surface area contributed by atoms with E-state index in [0.717, 1.165) is 0 Å². The number of hydrogen-bond acceptors (Lipinski definition) is 6. The van der Waals surface area contributed by atoms with Crippen LogP contribution in [0, 0.1) is 0 Å². The molecule has 3 N–H and O–H groups in total. The number of nitrogens with zero attached hydrogens (tertiary/aromatic N) is 1. The fourth-order valence-corrected chi connectivity index (χ4v) is 1.78. The summed E-state index contributed by atoms with van der Waals surface area (Å²) in [6.45, 7) is 0.146. The van der Waals surface area contributed by atoms with Crippen molar-refractivity contribution in [3.05, 3.63) is 23.8 Å². The van der Waals surface area contributed by atoms with Gasteiger partial charge in [0, 0.05) is 6.61 Å². The molecule has 6 heteroatoms. The maximum atomic E-state index is 10.1. The summed E-state index contributed by atoms with van der Waals surface area (Å²) >= 11 is 0. The van der Waals surface area contributed by atoms with Gasteiger partial charge in [-0.2, -0.15) is 0 Å². The second-order valence-corrected chi connectivity index (χ2v) is 3.93. The van der Waals surface area contributed by atoms with Crippen molar-refractivity contribution >= 4 is 5.71 Å². The van der Waals surface area contributed by atoms with Gasteiger partial charge in [0.2, 0.25) is 6.79 Å². The van der Waals surface area contributed by atoms with E-state index in [4.69, 9.17) is 19.8 Å². The van der Waals surface area contributed by atoms with E-state index in [0.29, 0.717) is 29.9 Å². The maximum absolute atomic E-state index is 10.1. The van der Waals surface area contributed by atoms with Crippen molar-refractivity contribution in [1.82, 2.24) is 0 Å². The number of ether oxygens (including phenoxy) is 2. The van der Waals surface area contributed by atoms with E-state index in [9.17, 15) is 5.11 Å². The van der Waals surface area contributed by atoms with E-state index < -0.39 is 6.10 Å². The minimum absolute atomic E-state index is 0.0210. The highest BCUT2D eigenvalue weighted by atomic mass is 16.7. The van der Waals surface area contributed by atoms with Crippen LogP contribution in [0.3, 0.4) is 0 Å². The monoisotopic (exact) mass is 253 g/mol. The Bertz CT molecular complexity index is 446. The quantitative estimate of drug-likeness (QED) is 0.414. The summed E-state index contributed by atoms with van der Waals surface area (Å²) < 4.78 is 10.4. The van der Waals surface area contributed by atoms with E-state index in [1.807, 2.05) is 0 Å². The summed E-state index contributed by atoms with van der Waals surface area (Å²) in [5.74, 6) is 1.19. The van der Waals surface area contributed by atoms with Crippen LogP contribution < -0.4 is 9.47 Å². The number of hydrogen-bond donors (Lipinski definition) is 3. The van der Waals surface area contributed by atoms with Crippen molar-refractivity contribution in [2.24, 2.45) is 5.16 Å². The first-order chi connectivity index (χ1) is 8.76. The van der Waals surface area contributed by atoms with Crippen LogP contribution in [0.1, 0.15) is 24.5 Å². The van der Waals surface area contributed by atoms with Crippen LogP contribution in [0.4, 0.5) is 0 Å². The Kier molecular flexibility index (Phi) is 4.01. The smallest absolute Gasteiger partial charge is 0.231 e. The lowest BCUT2D eigenvalue weighted by Gasteiger charge is -2.12. The third-order valence-electron chi connectivity index (χ3n) is 2.75. The molecular weight excluding hydrogens is 238 g/mol. The lowest BCUT2D eigenvalue weighted by atomic mass is 10.0. The molecule has 2 rings (SSSR count). The van der Waals surface area contributed by atoms with Crippen molar-refractivity contribution in [2.45, 2.75) is 18.9 Å². The van der Waals surface area contributed by atoms with Gasteiger partial charge >= 0.3 is 0 Å².